The minimum absolute atomic E-state index is 0.0132. The fraction of sp³-hybridized carbons (Fsp3) is 0.476. The number of rotatable bonds is 8. The van der Waals surface area contributed by atoms with Gasteiger partial charge in [-0.05, 0) is 62.8 Å². The van der Waals surface area contributed by atoms with E-state index in [0.717, 1.165) is 37.9 Å². The molecule has 1 saturated carbocycles. The monoisotopic (exact) mass is 457 g/mol. The lowest BCUT2D eigenvalue weighted by Gasteiger charge is -2.29. The Kier molecular flexibility index (Phi) is 7.42. The number of hydrogen-bond acceptors (Lipinski definition) is 5. The molecule has 10 heteroatoms. The number of nitrogens with zero attached hydrogens (tertiary/aromatic N) is 1. The standard InChI is InChI=1S/C21H26F3N3O3S/c1-2-31(28,29)27-17-8-6-15(7-9-17)13-25-18-10-11-20(26-14-18)16-4-3-5-19(12-16)30-21(22,23)24/h3-5,10-12,14-15,17,25,27H,2,6-9,13H2,1H3. The van der Waals surface area contributed by atoms with Crippen LogP contribution in [0.15, 0.2) is 42.6 Å². The molecule has 3 rings (SSSR count). The average molecular weight is 458 g/mol. The number of nitrogens with one attached hydrogen (secondary N) is 2. The van der Waals surface area contributed by atoms with Crippen LogP contribution < -0.4 is 14.8 Å². The average Bonchev–Trinajstić information content (AvgIpc) is 2.72. The van der Waals surface area contributed by atoms with E-state index in [1.54, 1.807) is 25.3 Å². The van der Waals surface area contributed by atoms with Gasteiger partial charge in [0.1, 0.15) is 5.75 Å². The molecule has 1 aromatic heterocycles. The molecule has 1 aliphatic carbocycles. The summed E-state index contributed by atoms with van der Waals surface area (Å²) in [4.78, 5) is 4.34. The Balaban J connectivity index is 1.50. The fourth-order valence-electron chi connectivity index (χ4n) is 3.61. The van der Waals surface area contributed by atoms with Crippen molar-refractivity contribution in [3.05, 3.63) is 42.6 Å². The van der Waals surface area contributed by atoms with E-state index in [0.29, 0.717) is 17.2 Å². The van der Waals surface area contributed by atoms with Gasteiger partial charge in [-0.1, -0.05) is 12.1 Å². The molecule has 1 aliphatic rings. The largest absolute Gasteiger partial charge is 0.573 e. The van der Waals surface area contributed by atoms with Gasteiger partial charge in [0.2, 0.25) is 10.0 Å². The first kappa shape index (κ1) is 23.3. The van der Waals surface area contributed by atoms with Crippen LogP contribution in [-0.4, -0.2) is 38.1 Å². The van der Waals surface area contributed by atoms with E-state index >= 15 is 0 Å². The van der Waals surface area contributed by atoms with Crippen LogP contribution in [0.2, 0.25) is 0 Å². The van der Waals surface area contributed by atoms with Crippen molar-refractivity contribution >= 4 is 15.7 Å². The zero-order valence-electron chi connectivity index (χ0n) is 17.2. The highest BCUT2D eigenvalue weighted by molar-refractivity contribution is 7.89. The number of halogens is 3. The van der Waals surface area contributed by atoms with Gasteiger partial charge in [-0.25, -0.2) is 13.1 Å². The van der Waals surface area contributed by atoms with E-state index in [9.17, 15) is 21.6 Å². The van der Waals surface area contributed by atoms with Crippen LogP contribution in [0.25, 0.3) is 11.3 Å². The summed E-state index contributed by atoms with van der Waals surface area (Å²) in [6, 6.07) is 9.29. The van der Waals surface area contributed by atoms with Crippen LogP contribution in [0, 0.1) is 5.92 Å². The van der Waals surface area contributed by atoms with E-state index in [1.165, 1.54) is 18.2 Å². The number of aromatic nitrogens is 1. The Bertz CT molecular complexity index is 958. The highest BCUT2D eigenvalue weighted by atomic mass is 32.2. The molecule has 0 unspecified atom stereocenters. The van der Waals surface area contributed by atoms with E-state index in [4.69, 9.17) is 0 Å². The van der Waals surface area contributed by atoms with Crippen molar-refractivity contribution in [2.45, 2.75) is 45.0 Å². The number of anilines is 1. The van der Waals surface area contributed by atoms with Gasteiger partial charge in [-0.3, -0.25) is 4.98 Å². The van der Waals surface area contributed by atoms with Gasteiger partial charge in [0.15, 0.2) is 0 Å². The van der Waals surface area contributed by atoms with Crippen LogP contribution in [0.3, 0.4) is 0 Å². The second kappa shape index (κ2) is 9.86. The maximum absolute atomic E-state index is 12.4. The number of pyridine rings is 1. The molecular formula is C21H26F3N3O3S. The lowest BCUT2D eigenvalue weighted by Crippen LogP contribution is -2.39. The molecule has 31 heavy (non-hydrogen) atoms. The molecule has 6 nitrogen and oxygen atoms in total. The smallest absolute Gasteiger partial charge is 0.406 e. The molecule has 0 atom stereocenters. The van der Waals surface area contributed by atoms with Gasteiger partial charge in [-0.2, -0.15) is 0 Å². The summed E-state index contributed by atoms with van der Waals surface area (Å²) in [6.07, 6.45) is 0.411. The number of sulfonamides is 1. The Labute approximate surface area is 180 Å². The number of ether oxygens (including phenoxy) is 1. The topological polar surface area (TPSA) is 80.3 Å². The van der Waals surface area contributed by atoms with E-state index in [-0.39, 0.29) is 17.5 Å². The Hall–Kier alpha value is -2.33. The Morgan fingerprint density at radius 3 is 2.48 bits per heavy atom. The van der Waals surface area contributed by atoms with Crippen molar-refractivity contribution in [2.75, 3.05) is 17.6 Å². The maximum atomic E-state index is 12.4. The molecule has 1 aromatic carbocycles. The molecule has 0 bridgehead atoms. The van der Waals surface area contributed by atoms with E-state index in [1.807, 2.05) is 6.07 Å². The van der Waals surface area contributed by atoms with Gasteiger partial charge in [0.05, 0.1) is 23.3 Å². The van der Waals surface area contributed by atoms with Gasteiger partial charge in [-0.15, -0.1) is 13.2 Å². The minimum atomic E-state index is -4.74. The first-order chi connectivity index (χ1) is 14.6. The summed E-state index contributed by atoms with van der Waals surface area (Å²) >= 11 is 0. The molecule has 0 radical (unpaired) electrons. The molecule has 0 saturated heterocycles. The van der Waals surface area contributed by atoms with Crippen LogP contribution in [0.1, 0.15) is 32.6 Å². The Morgan fingerprint density at radius 2 is 1.87 bits per heavy atom. The van der Waals surface area contributed by atoms with Gasteiger partial charge >= 0.3 is 6.36 Å². The third-order valence-electron chi connectivity index (χ3n) is 5.29. The lowest BCUT2D eigenvalue weighted by molar-refractivity contribution is -0.274. The van der Waals surface area contributed by atoms with Crippen molar-refractivity contribution in [3.63, 3.8) is 0 Å². The van der Waals surface area contributed by atoms with Crippen molar-refractivity contribution in [3.8, 4) is 17.0 Å². The highest BCUT2D eigenvalue weighted by Gasteiger charge is 2.31. The number of alkyl halides is 3. The number of benzene rings is 1. The quantitative estimate of drug-likeness (QED) is 0.608. The summed E-state index contributed by atoms with van der Waals surface area (Å²) in [5.41, 5.74) is 1.89. The van der Waals surface area contributed by atoms with Crippen molar-refractivity contribution in [1.82, 2.24) is 9.71 Å². The molecule has 0 amide bonds. The maximum Gasteiger partial charge on any atom is 0.573 e. The molecule has 2 N–H and O–H groups in total. The van der Waals surface area contributed by atoms with Gasteiger partial charge in [0, 0.05) is 18.2 Å². The predicted octanol–water partition coefficient (Wildman–Crippen LogP) is 4.56. The second-order valence-electron chi connectivity index (χ2n) is 7.63. The predicted molar refractivity (Wildman–Crippen MR) is 113 cm³/mol. The molecule has 0 aliphatic heterocycles. The third kappa shape index (κ3) is 7.39. The normalized spacial score (nSPS) is 19.7. The first-order valence-corrected chi connectivity index (χ1v) is 11.8. The number of hydrogen-bond donors (Lipinski definition) is 2. The van der Waals surface area contributed by atoms with E-state index in [2.05, 4.69) is 19.8 Å². The Morgan fingerprint density at radius 1 is 1.13 bits per heavy atom. The van der Waals surface area contributed by atoms with Crippen LogP contribution in [0.5, 0.6) is 5.75 Å². The van der Waals surface area contributed by atoms with Crippen LogP contribution in [-0.2, 0) is 10.0 Å². The zero-order valence-corrected chi connectivity index (χ0v) is 18.0. The summed E-state index contributed by atoms with van der Waals surface area (Å²) < 4.78 is 67.3. The molecule has 1 fully saturated rings. The summed E-state index contributed by atoms with van der Waals surface area (Å²) in [7, 11) is -3.17. The van der Waals surface area contributed by atoms with Gasteiger partial charge in [0.25, 0.3) is 0 Å². The van der Waals surface area contributed by atoms with E-state index < -0.39 is 16.4 Å². The second-order valence-corrected chi connectivity index (χ2v) is 9.67. The van der Waals surface area contributed by atoms with Gasteiger partial charge < -0.3 is 10.1 Å². The third-order valence-corrected chi connectivity index (χ3v) is 6.75. The fourth-order valence-corrected chi connectivity index (χ4v) is 4.52. The highest BCUT2D eigenvalue weighted by Crippen LogP contribution is 2.28. The first-order valence-electron chi connectivity index (χ1n) is 10.2. The van der Waals surface area contributed by atoms with Crippen LogP contribution in [0.4, 0.5) is 18.9 Å². The summed E-state index contributed by atoms with van der Waals surface area (Å²) in [6.45, 7) is 2.38. The molecule has 0 spiro atoms. The zero-order chi connectivity index (χ0) is 22.5. The van der Waals surface area contributed by atoms with Crippen LogP contribution >= 0.6 is 0 Å². The SMILES string of the molecule is CCS(=O)(=O)NC1CCC(CNc2ccc(-c3cccc(OC(F)(F)F)c3)nc2)CC1. The molecule has 2 aromatic rings. The van der Waals surface area contributed by atoms with Crippen molar-refractivity contribution in [2.24, 2.45) is 5.92 Å². The minimum Gasteiger partial charge on any atom is -0.406 e. The lowest BCUT2D eigenvalue weighted by atomic mass is 9.86. The molecule has 170 valence electrons. The van der Waals surface area contributed by atoms with Crippen molar-refractivity contribution in [1.29, 1.82) is 0 Å². The summed E-state index contributed by atoms with van der Waals surface area (Å²) in [5, 5.41) is 3.34. The summed E-state index contributed by atoms with van der Waals surface area (Å²) in [5.74, 6) is 0.251. The molecular weight excluding hydrogens is 431 g/mol. The van der Waals surface area contributed by atoms with Crippen molar-refractivity contribution < 1.29 is 26.3 Å². The molecule has 1 heterocycles.